The van der Waals surface area contributed by atoms with Crippen LogP contribution in [0.1, 0.15) is 13.8 Å². The van der Waals surface area contributed by atoms with Crippen molar-refractivity contribution in [2.75, 3.05) is 50.2 Å². The summed E-state index contributed by atoms with van der Waals surface area (Å²) in [6.45, 7) is 7.06. The Balaban J connectivity index is 1.96. The molecule has 1 aromatic carbocycles. The van der Waals surface area contributed by atoms with Gasteiger partial charge >= 0.3 is 0 Å². The summed E-state index contributed by atoms with van der Waals surface area (Å²) in [4.78, 5) is 13.2. The lowest BCUT2D eigenvalue weighted by Gasteiger charge is -2.12. The zero-order valence-corrected chi connectivity index (χ0v) is 15.7. The van der Waals surface area contributed by atoms with E-state index in [0.29, 0.717) is 62.8 Å². The molecule has 0 saturated heterocycles. The van der Waals surface area contributed by atoms with Crippen molar-refractivity contribution in [3.8, 4) is 11.4 Å². The van der Waals surface area contributed by atoms with E-state index in [1.807, 2.05) is 13.8 Å². The number of anilines is 2. The minimum absolute atomic E-state index is 0.165. The van der Waals surface area contributed by atoms with Crippen LogP contribution in [0, 0.1) is 5.82 Å². The number of nitrogens with zero attached hydrogens (tertiary/aromatic N) is 3. The van der Waals surface area contributed by atoms with Gasteiger partial charge in [0.15, 0.2) is 5.82 Å². The van der Waals surface area contributed by atoms with Gasteiger partial charge in [-0.25, -0.2) is 4.39 Å². The summed E-state index contributed by atoms with van der Waals surface area (Å²) in [5.74, 6) is 1.04. The number of rotatable bonds is 12. The lowest BCUT2D eigenvalue weighted by atomic mass is 10.2. The molecule has 0 saturated carbocycles. The second kappa shape index (κ2) is 11.4. The Labute approximate surface area is 158 Å². The van der Waals surface area contributed by atoms with Crippen molar-refractivity contribution < 1.29 is 13.9 Å². The molecule has 0 aliphatic carbocycles. The Morgan fingerprint density at radius 2 is 1.63 bits per heavy atom. The SMILES string of the molecule is CC(C)Nc1nc(NCCOCCOCCN)nc(-c2ccc(F)cc2)n1. The second-order valence-electron chi connectivity index (χ2n) is 6.05. The number of ether oxygens (including phenoxy) is 2. The third-order valence-electron chi connectivity index (χ3n) is 3.32. The van der Waals surface area contributed by atoms with Crippen LogP contribution in [0.3, 0.4) is 0 Å². The molecule has 148 valence electrons. The van der Waals surface area contributed by atoms with Crippen LogP contribution in [0.25, 0.3) is 11.4 Å². The molecule has 9 heteroatoms. The van der Waals surface area contributed by atoms with E-state index in [0.717, 1.165) is 0 Å². The zero-order valence-electron chi connectivity index (χ0n) is 15.7. The fourth-order valence-electron chi connectivity index (χ4n) is 2.15. The van der Waals surface area contributed by atoms with Crippen molar-refractivity contribution in [3.05, 3.63) is 30.1 Å². The Hall–Kier alpha value is -2.36. The van der Waals surface area contributed by atoms with Gasteiger partial charge in [-0.05, 0) is 38.1 Å². The molecule has 8 nitrogen and oxygen atoms in total. The Morgan fingerprint density at radius 3 is 2.30 bits per heavy atom. The smallest absolute Gasteiger partial charge is 0.228 e. The highest BCUT2D eigenvalue weighted by Crippen LogP contribution is 2.18. The number of nitrogens with one attached hydrogen (secondary N) is 2. The van der Waals surface area contributed by atoms with Crippen LogP contribution < -0.4 is 16.4 Å². The number of nitrogens with two attached hydrogens (primary N) is 1. The van der Waals surface area contributed by atoms with Gasteiger partial charge in [0.1, 0.15) is 5.82 Å². The zero-order chi connectivity index (χ0) is 19.5. The molecule has 27 heavy (non-hydrogen) atoms. The molecule has 0 aliphatic heterocycles. The average Bonchev–Trinajstić information content (AvgIpc) is 2.64. The van der Waals surface area contributed by atoms with Crippen LogP contribution in [0.15, 0.2) is 24.3 Å². The summed E-state index contributed by atoms with van der Waals surface area (Å²) < 4.78 is 23.9. The molecular weight excluding hydrogens is 351 g/mol. The van der Waals surface area contributed by atoms with E-state index in [-0.39, 0.29) is 11.9 Å². The molecule has 0 radical (unpaired) electrons. The van der Waals surface area contributed by atoms with Gasteiger partial charge in [-0.3, -0.25) is 0 Å². The first-order chi connectivity index (χ1) is 13.1. The molecule has 0 bridgehead atoms. The lowest BCUT2D eigenvalue weighted by molar-refractivity contribution is 0.0547. The third kappa shape index (κ3) is 7.81. The van der Waals surface area contributed by atoms with Crippen molar-refractivity contribution in [1.82, 2.24) is 15.0 Å². The highest BCUT2D eigenvalue weighted by atomic mass is 19.1. The second-order valence-corrected chi connectivity index (χ2v) is 6.05. The Bertz CT molecular complexity index is 684. The fraction of sp³-hybridized carbons (Fsp3) is 0.500. The summed E-state index contributed by atoms with van der Waals surface area (Å²) in [6.07, 6.45) is 0. The van der Waals surface area contributed by atoms with E-state index in [1.165, 1.54) is 12.1 Å². The molecule has 0 atom stereocenters. The summed E-state index contributed by atoms with van der Waals surface area (Å²) in [5, 5.41) is 6.28. The minimum atomic E-state index is -0.306. The van der Waals surface area contributed by atoms with E-state index >= 15 is 0 Å². The topological polar surface area (TPSA) is 107 Å². The standard InChI is InChI=1S/C18H27FN6O2/c1-13(2)22-18-24-16(14-3-5-15(19)6-4-14)23-17(25-18)21-8-10-27-12-11-26-9-7-20/h3-6,13H,7-12,20H2,1-2H3,(H2,21,22,23,24,25). The summed E-state index contributed by atoms with van der Waals surface area (Å²) >= 11 is 0. The van der Waals surface area contributed by atoms with Gasteiger partial charge in [-0.2, -0.15) is 15.0 Å². The fourth-order valence-corrected chi connectivity index (χ4v) is 2.15. The maximum Gasteiger partial charge on any atom is 0.228 e. The quantitative estimate of drug-likeness (QED) is 0.481. The van der Waals surface area contributed by atoms with Gasteiger partial charge in [0, 0.05) is 24.7 Å². The van der Waals surface area contributed by atoms with Crippen molar-refractivity contribution in [2.45, 2.75) is 19.9 Å². The van der Waals surface area contributed by atoms with E-state index in [1.54, 1.807) is 12.1 Å². The molecule has 1 heterocycles. The lowest BCUT2D eigenvalue weighted by Crippen LogP contribution is -2.18. The van der Waals surface area contributed by atoms with Crippen molar-refractivity contribution in [2.24, 2.45) is 5.73 Å². The normalized spacial score (nSPS) is 11.0. The molecule has 4 N–H and O–H groups in total. The largest absolute Gasteiger partial charge is 0.378 e. The van der Waals surface area contributed by atoms with Crippen LogP contribution >= 0.6 is 0 Å². The van der Waals surface area contributed by atoms with E-state index in [9.17, 15) is 4.39 Å². The summed E-state index contributed by atoms with van der Waals surface area (Å²) in [5.41, 5.74) is 6.05. The maximum absolute atomic E-state index is 13.2. The van der Waals surface area contributed by atoms with Gasteiger partial charge in [0.2, 0.25) is 11.9 Å². The molecule has 1 aromatic heterocycles. The monoisotopic (exact) mass is 378 g/mol. The average molecular weight is 378 g/mol. The predicted octanol–water partition coefficient (Wildman–Crippen LogP) is 1.90. The molecule has 0 aliphatic rings. The highest BCUT2D eigenvalue weighted by Gasteiger charge is 2.09. The number of benzene rings is 1. The third-order valence-corrected chi connectivity index (χ3v) is 3.32. The molecular formula is C18H27FN6O2. The van der Waals surface area contributed by atoms with Crippen molar-refractivity contribution in [1.29, 1.82) is 0 Å². The first-order valence-electron chi connectivity index (χ1n) is 8.96. The number of hydrogen-bond acceptors (Lipinski definition) is 8. The van der Waals surface area contributed by atoms with Gasteiger partial charge in [-0.1, -0.05) is 0 Å². The van der Waals surface area contributed by atoms with Gasteiger partial charge < -0.3 is 25.8 Å². The molecule has 2 aromatic rings. The minimum Gasteiger partial charge on any atom is -0.378 e. The van der Waals surface area contributed by atoms with Crippen LogP contribution in [-0.2, 0) is 9.47 Å². The van der Waals surface area contributed by atoms with E-state index < -0.39 is 0 Å². The molecule has 0 amide bonds. The first-order valence-corrected chi connectivity index (χ1v) is 8.96. The van der Waals surface area contributed by atoms with Crippen molar-refractivity contribution >= 4 is 11.9 Å². The van der Waals surface area contributed by atoms with Gasteiger partial charge in [0.05, 0.1) is 26.4 Å². The Morgan fingerprint density at radius 1 is 0.963 bits per heavy atom. The molecule has 0 spiro atoms. The van der Waals surface area contributed by atoms with Gasteiger partial charge in [-0.15, -0.1) is 0 Å². The first kappa shape index (κ1) is 20.9. The highest BCUT2D eigenvalue weighted by molar-refractivity contribution is 5.58. The predicted molar refractivity (Wildman–Crippen MR) is 103 cm³/mol. The van der Waals surface area contributed by atoms with Crippen LogP contribution in [-0.4, -0.2) is 60.5 Å². The maximum atomic E-state index is 13.2. The van der Waals surface area contributed by atoms with Crippen LogP contribution in [0.2, 0.25) is 0 Å². The van der Waals surface area contributed by atoms with Gasteiger partial charge in [0.25, 0.3) is 0 Å². The van der Waals surface area contributed by atoms with Crippen LogP contribution in [0.4, 0.5) is 16.3 Å². The number of halogens is 1. The number of hydrogen-bond donors (Lipinski definition) is 3. The van der Waals surface area contributed by atoms with Crippen LogP contribution in [0.5, 0.6) is 0 Å². The molecule has 2 rings (SSSR count). The summed E-state index contributed by atoms with van der Waals surface area (Å²) in [7, 11) is 0. The molecule has 0 unspecified atom stereocenters. The summed E-state index contributed by atoms with van der Waals surface area (Å²) in [6, 6.07) is 6.19. The number of aromatic nitrogens is 3. The van der Waals surface area contributed by atoms with Crippen molar-refractivity contribution in [3.63, 3.8) is 0 Å². The Kier molecular flexibility index (Phi) is 8.82. The van der Waals surface area contributed by atoms with E-state index in [4.69, 9.17) is 15.2 Å². The van der Waals surface area contributed by atoms with E-state index in [2.05, 4.69) is 25.6 Å². The molecule has 0 fully saturated rings.